The molecule has 19 heavy (non-hydrogen) atoms. The summed E-state index contributed by atoms with van der Waals surface area (Å²) in [5.74, 6) is -0.0728. The summed E-state index contributed by atoms with van der Waals surface area (Å²) in [5.41, 5.74) is 2.42. The molecule has 3 rings (SSSR count). The Kier molecular flexibility index (Phi) is 4.10. The largest absolute Gasteiger partial charge is 0.289 e. The smallest absolute Gasteiger partial charge is 0.193 e. The van der Waals surface area contributed by atoms with Crippen molar-refractivity contribution in [2.24, 2.45) is 0 Å². The fourth-order valence-corrected chi connectivity index (χ4v) is 2.34. The van der Waals surface area contributed by atoms with Crippen molar-refractivity contribution in [2.45, 2.75) is 26.4 Å². The summed E-state index contributed by atoms with van der Waals surface area (Å²) in [6.45, 7) is 4.00. The summed E-state index contributed by atoms with van der Waals surface area (Å²) >= 11 is 0. The normalized spacial score (nSPS) is 16.6. The van der Waals surface area contributed by atoms with E-state index in [4.69, 9.17) is 0 Å². The molecule has 0 saturated heterocycles. The van der Waals surface area contributed by atoms with Gasteiger partial charge in [0.1, 0.15) is 6.17 Å². The van der Waals surface area contributed by atoms with E-state index in [9.17, 15) is 9.18 Å². The molecule has 1 nitrogen and oxygen atoms in total. The maximum atomic E-state index is 14.1. The van der Waals surface area contributed by atoms with Gasteiger partial charge in [0.15, 0.2) is 5.78 Å². The minimum absolute atomic E-state index is 0.0728. The zero-order valence-electron chi connectivity index (χ0n) is 11.2. The van der Waals surface area contributed by atoms with E-state index >= 15 is 0 Å². The first kappa shape index (κ1) is 13.5. The van der Waals surface area contributed by atoms with Gasteiger partial charge in [0.05, 0.1) is 0 Å². The van der Waals surface area contributed by atoms with Gasteiger partial charge in [0.2, 0.25) is 0 Å². The molecule has 0 aliphatic heterocycles. The molecule has 0 saturated carbocycles. The Labute approximate surface area is 113 Å². The third-order valence-corrected chi connectivity index (χ3v) is 3.20. The van der Waals surface area contributed by atoms with Crippen LogP contribution in [0.1, 0.15) is 47.1 Å². The molecule has 0 spiro atoms. The van der Waals surface area contributed by atoms with Crippen molar-refractivity contribution in [1.29, 1.82) is 0 Å². The molecule has 0 N–H and O–H groups in total. The zero-order chi connectivity index (χ0) is 13.8. The molecule has 0 bridgehead atoms. The van der Waals surface area contributed by atoms with Crippen LogP contribution in [0.4, 0.5) is 4.39 Å². The Bertz CT molecular complexity index is 589. The maximum absolute atomic E-state index is 14.1. The van der Waals surface area contributed by atoms with Crippen molar-refractivity contribution in [1.82, 2.24) is 0 Å². The van der Waals surface area contributed by atoms with E-state index in [1.807, 2.05) is 32.0 Å². The van der Waals surface area contributed by atoms with E-state index in [-0.39, 0.29) is 12.2 Å². The zero-order valence-corrected chi connectivity index (χ0v) is 11.2. The van der Waals surface area contributed by atoms with Gasteiger partial charge in [0.25, 0.3) is 0 Å². The van der Waals surface area contributed by atoms with Crippen molar-refractivity contribution in [3.63, 3.8) is 0 Å². The van der Waals surface area contributed by atoms with Gasteiger partial charge in [-0.3, -0.25) is 4.79 Å². The van der Waals surface area contributed by atoms with Crippen LogP contribution in [0, 0.1) is 0 Å². The minimum atomic E-state index is -1.10. The van der Waals surface area contributed by atoms with E-state index in [1.165, 1.54) is 0 Å². The first-order valence-electron chi connectivity index (χ1n) is 6.63. The Morgan fingerprint density at radius 1 is 0.947 bits per heavy atom. The third kappa shape index (κ3) is 2.43. The van der Waals surface area contributed by atoms with Crippen LogP contribution in [-0.4, -0.2) is 5.78 Å². The second-order valence-corrected chi connectivity index (χ2v) is 4.25. The highest BCUT2D eigenvalue weighted by Crippen LogP contribution is 2.32. The highest BCUT2D eigenvalue weighted by atomic mass is 19.1. The quantitative estimate of drug-likeness (QED) is 0.677. The van der Waals surface area contributed by atoms with Crippen LogP contribution in [0.3, 0.4) is 0 Å². The topological polar surface area (TPSA) is 17.1 Å². The van der Waals surface area contributed by atoms with E-state index in [0.717, 1.165) is 5.56 Å². The summed E-state index contributed by atoms with van der Waals surface area (Å²) < 4.78 is 14.1. The number of benzene rings is 2. The van der Waals surface area contributed by atoms with E-state index < -0.39 is 6.17 Å². The van der Waals surface area contributed by atoms with Gasteiger partial charge in [-0.25, -0.2) is 4.39 Å². The van der Waals surface area contributed by atoms with E-state index in [1.54, 1.807) is 30.3 Å². The number of hydrogen-bond donors (Lipinski definition) is 0. The summed E-state index contributed by atoms with van der Waals surface area (Å²) in [4.78, 5) is 12.3. The lowest BCUT2D eigenvalue weighted by Gasteiger charge is -2.07. The molecule has 1 unspecified atom stereocenters. The van der Waals surface area contributed by atoms with Crippen molar-refractivity contribution < 1.29 is 9.18 Å². The van der Waals surface area contributed by atoms with Crippen LogP contribution >= 0.6 is 0 Å². The molecular formula is C17H17FO. The van der Waals surface area contributed by atoms with Crippen molar-refractivity contribution in [2.75, 3.05) is 0 Å². The molecular weight excluding hydrogens is 239 g/mol. The Morgan fingerprint density at radius 2 is 1.53 bits per heavy atom. The van der Waals surface area contributed by atoms with Gasteiger partial charge in [-0.15, -0.1) is 0 Å². The van der Waals surface area contributed by atoms with Crippen LogP contribution in [0.2, 0.25) is 0 Å². The van der Waals surface area contributed by atoms with Crippen LogP contribution in [-0.2, 0) is 6.42 Å². The van der Waals surface area contributed by atoms with E-state index in [2.05, 4.69) is 0 Å². The Hall–Kier alpha value is -1.96. The molecule has 2 aromatic rings. The molecule has 0 heterocycles. The van der Waals surface area contributed by atoms with Crippen LogP contribution in [0.15, 0.2) is 48.5 Å². The number of rotatable bonds is 0. The monoisotopic (exact) mass is 256 g/mol. The lowest BCUT2D eigenvalue weighted by Crippen LogP contribution is -2.03. The molecule has 1 atom stereocenters. The fourth-order valence-electron chi connectivity index (χ4n) is 2.34. The maximum Gasteiger partial charge on any atom is 0.193 e. The number of ketones is 1. The molecule has 1 aliphatic carbocycles. The molecule has 98 valence electrons. The second-order valence-electron chi connectivity index (χ2n) is 4.25. The van der Waals surface area contributed by atoms with Gasteiger partial charge >= 0.3 is 0 Å². The minimum Gasteiger partial charge on any atom is -0.289 e. The van der Waals surface area contributed by atoms with Gasteiger partial charge in [-0.2, -0.15) is 0 Å². The average Bonchev–Trinajstić information content (AvgIpc) is 2.58. The molecule has 2 heteroatoms. The Balaban J connectivity index is 0.000000637. The van der Waals surface area contributed by atoms with Gasteiger partial charge in [0, 0.05) is 17.5 Å². The lowest BCUT2D eigenvalue weighted by atomic mass is 9.99. The standard InChI is InChI=1S/C15H11FO.C2H6/c16-14-9-10-5-1-2-6-11(10)15(17)13-8-4-3-7-12(13)14;1-2/h1-8,14H,9H2;1-2H3. The molecule has 0 amide bonds. The first-order chi connectivity index (χ1) is 9.27. The third-order valence-electron chi connectivity index (χ3n) is 3.20. The lowest BCUT2D eigenvalue weighted by molar-refractivity contribution is 0.103. The average molecular weight is 256 g/mol. The molecule has 0 radical (unpaired) electrons. The fraction of sp³-hybridized carbons (Fsp3) is 0.235. The number of alkyl halides is 1. The van der Waals surface area contributed by atoms with Crippen molar-refractivity contribution in [3.05, 3.63) is 70.8 Å². The summed E-state index contributed by atoms with van der Waals surface area (Å²) in [5, 5.41) is 0. The first-order valence-corrected chi connectivity index (χ1v) is 6.63. The molecule has 0 fully saturated rings. The van der Waals surface area contributed by atoms with Crippen molar-refractivity contribution in [3.8, 4) is 0 Å². The highest BCUT2D eigenvalue weighted by molar-refractivity contribution is 6.11. The summed E-state index contributed by atoms with van der Waals surface area (Å²) in [6.07, 6.45) is -0.822. The van der Waals surface area contributed by atoms with Gasteiger partial charge in [-0.05, 0) is 11.1 Å². The van der Waals surface area contributed by atoms with E-state index in [0.29, 0.717) is 16.7 Å². The number of fused-ring (bicyclic) bond motifs is 2. The number of hydrogen-bond acceptors (Lipinski definition) is 1. The number of halogens is 1. The summed E-state index contributed by atoms with van der Waals surface area (Å²) in [6, 6.07) is 14.2. The highest BCUT2D eigenvalue weighted by Gasteiger charge is 2.26. The summed E-state index contributed by atoms with van der Waals surface area (Å²) in [7, 11) is 0. The van der Waals surface area contributed by atoms with Crippen LogP contribution in [0.25, 0.3) is 0 Å². The predicted molar refractivity (Wildman–Crippen MR) is 75.2 cm³/mol. The van der Waals surface area contributed by atoms with Crippen LogP contribution in [0.5, 0.6) is 0 Å². The molecule has 0 aromatic heterocycles. The molecule has 2 aromatic carbocycles. The number of carbonyl (C=O) groups excluding carboxylic acids is 1. The predicted octanol–water partition coefficient (Wildman–Crippen LogP) is 4.51. The van der Waals surface area contributed by atoms with Crippen molar-refractivity contribution >= 4 is 5.78 Å². The number of carbonyl (C=O) groups is 1. The Morgan fingerprint density at radius 3 is 2.26 bits per heavy atom. The van der Waals surface area contributed by atoms with Gasteiger partial charge < -0.3 is 0 Å². The van der Waals surface area contributed by atoms with Gasteiger partial charge in [-0.1, -0.05) is 62.4 Å². The second kappa shape index (κ2) is 5.79. The van der Waals surface area contributed by atoms with Crippen LogP contribution < -0.4 is 0 Å². The molecule has 1 aliphatic rings. The SMILES string of the molecule is CC.O=C1c2ccccc2CC(F)c2ccccc21.